The molecule has 0 aliphatic carbocycles. The van der Waals surface area contributed by atoms with E-state index in [2.05, 4.69) is 21.3 Å². The van der Waals surface area contributed by atoms with Crippen LogP contribution in [-0.4, -0.2) is 17.9 Å². The highest BCUT2D eigenvalue weighted by atomic mass is 79.9. The van der Waals surface area contributed by atoms with Gasteiger partial charge in [0.25, 0.3) is 0 Å². The van der Waals surface area contributed by atoms with E-state index in [1.807, 2.05) is 36.7 Å². The van der Waals surface area contributed by atoms with Gasteiger partial charge in [0.15, 0.2) is 0 Å². The minimum atomic E-state index is 0.0192. The molecule has 0 spiro atoms. The van der Waals surface area contributed by atoms with E-state index in [1.54, 1.807) is 33.6 Å². The van der Waals surface area contributed by atoms with Gasteiger partial charge >= 0.3 is 0 Å². The number of carbonyl (C=O) groups is 1. The molecule has 0 saturated carbocycles. The van der Waals surface area contributed by atoms with E-state index in [4.69, 9.17) is 0 Å². The molecule has 0 aliphatic heterocycles. The Hall–Kier alpha value is -0.910. The standard InChI is InChI=1S/C13H12BrNOS2/c1-15(8-10-7-12(14)18-9-10)13(16)5-4-11-3-2-6-17-11/h2-7,9H,8H2,1H3. The second kappa shape index (κ2) is 6.31. The lowest BCUT2D eigenvalue weighted by Gasteiger charge is -2.13. The molecule has 0 saturated heterocycles. The Bertz CT molecular complexity index is 545. The van der Waals surface area contributed by atoms with Gasteiger partial charge in [-0.25, -0.2) is 0 Å². The molecule has 18 heavy (non-hydrogen) atoms. The first-order valence-corrected chi connectivity index (χ1v) is 7.90. The Morgan fingerprint density at radius 3 is 2.94 bits per heavy atom. The van der Waals surface area contributed by atoms with Gasteiger partial charge in [-0.1, -0.05) is 6.07 Å². The van der Waals surface area contributed by atoms with Crippen LogP contribution in [-0.2, 0) is 11.3 Å². The van der Waals surface area contributed by atoms with Crippen LogP contribution in [0.1, 0.15) is 10.4 Å². The Balaban J connectivity index is 1.92. The number of thiophene rings is 2. The van der Waals surface area contributed by atoms with Crippen molar-refractivity contribution < 1.29 is 4.79 Å². The summed E-state index contributed by atoms with van der Waals surface area (Å²) in [6.07, 6.45) is 3.47. The number of carbonyl (C=O) groups excluding carboxylic acids is 1. The van der Waals surface area contributed by atoms with Crippen molar-refractivity contribution in [3.8, 4) is 0 Å². The van der Waals surface area contributed by atoms with Crippen molar-refractivity contribution in [3.05, 3.63) is 49.3 Å². The summed E-state index contributed by atoms with van der Waals surface area (Å²) < 4.78 is 1.09. The highest BCUT2D eigenvalue weighted by molar-refractivity contribution is 9.11. The van der Waals surface area contributed by atoms with E-state index in [0.717, 1.165) is 14.2 Å². The number of amides is 1. The number of halogens is 1. The van der Waals surface area contributed by atoms with Gasteiger partial charge in [0.2, 0.25) is 5.91 Å². The van der Waals surface area contributed by atoms with E-state index in [1.165, 1.54) is 0 Å². The molecule has 0 aromatic carbocycles. The SMILES string of the molecule is CN(Cc1csc(Br)c1)C(=O)C=Cc1cccs1. The molecular formula is C13H12BrNOS2. The maximum atomic E-state index is 11.9. The highest BCUT2D eigenvalue weighted by Gasteiger charge is 2.07. The van der Waals surface area contributed by atoms with Crippen LogP contribution in [0.25, 0.3) is 6.08 Å². The van der Waals surface area contributed by atoms with Gasteiger partial charge in [-0.05, 0) is 50.5 Å². The summed E-state index contributed by atoms with van der Waals surface area (Å²) in [5, 5.41) is 4.05. The first-order chi connectivity index (χ1) is 8.65. The summed E-state index contributed by atoms with van der Waals surface area (Å²) in [6, 6.07) is 6.00. The summed E-state index contributed by atoms with van der Waals surface area (Å²) >= 11 is 6.67. The van der Waals surface area contributed by atoms with Crippen molar-refractivity contribution in [1.29, 1.82) is 0 Å². The topological polar surface area (TPSA) is 20.3 Å². The smallest absolute Gasteiger partial charge is 0.246 e. The van der Waals surface area contributed by atoms with Gasteiger partial charge in [-0.2, -0.15) is 0 Å². The molecule has 0 N–H and O–H groups in total. The zero-order valence-electron chi connectivity index (χ0n) is 9.80. The molecule has 2 nitrogen and oxygen atoms in total. The van der Waals surface area contributed by atoms with Crippen molar-refractivity contribution in [2.45, 2.75) is 6.54 Å². The molecule has 5 heteroatoms. The summed E-state index contributed by atoms with van der Waals surface area (Å²) in [7, 11) is 1.81. The number of likely N-dealkylation sites (N-methyl/N-ethyl adjacent to an activating group) is 1. The second-order valence-corrected chi connectivity index (χ2v) is 7.07. The molecule has 1 amide bonds. The van der Waals surface area contributed by atoms with Gasteiger partial charge < -0.3 is 4.90 Å². The number of rotatable bonds is 4. The molecule has 0 fully saturated rings. The quantitative estimate of drug-likeness (QED) is 0.761. The Kier molecular flexibility index (Phi) is 4.74. The number of hydrogen-bond acceptors (Lipinski definition) is 3. The number of nitrogens with zero attached hydrogens (tertiary/aromatic N) is 1. The van der Waals surface area contributed by atoms with E-state index >= 15 is 0 Å². The van der Waals surface area contributed by atoms with Crippen LogP contribution in [0.15, 0.2) is 38.8 Å². The average Bonchev–Trinajstić information content (AvgIpc) is 2.97. The van der Waals surface area contributed by atoms with Gasteiger partial charge in [-0.3, -0.25) is 4.79 Å². The summed E-state index contributed by atoms with van der Waals surface area (Å²) in [4.78, 5) is 14.7. The normalized spacial score (nSPS) is 11.0. The highest BCUT2D eigenvalue weighted by Crippen LogP contribution is 2.21. The predicted molar refractivity (Wildman–Crippen MR) is 81.8 cm³/mol. The van der Waals surface area contributed by atoms with Crippen LogP contribution >= 0.6 is 38.6 Å². The van der Waals surface area contributed by atoms with E-state index in [-0.39, 0.29) is 5.91 Å². The van der Waals surface area contributed by atoms with Crippen LogP contribution in [0.2, 0.25) is 0 Å². The Labute approximate surface area is 123 Å². The minimum Gasteiger partial charge on any atom is -0.338 e. The zero-order valence-corrected chi connectivity index (χ0v) is 13.0. The zero-order chi connectivity index (χ0) is 13.0. The third-order valence-electron chi connectivity index (χ3n) is 2.35. The molecule has 0 unspecified atom stereocenters. The maximum Gasteiger partial charge on any atom is 0.246 e. The van der Waals surface area contributed by atoms with E-state index in [9.17, 15) is 4.79 Å². The third kappa shape index (κ3) is 3.80. The van der Waals surface area contributed by atoms with Crippen molar-refractivity contribution in [1.82, 2.24) is 4.90 Å². The van der Waals surface area contributed by atoms with E-state index in [0.29, 0.717) is 6.54 Å². The molecule has 0 radical (unpaired) electrons. The van der Waals surface area contributed by atoms with Crippen LogP contribution in [0, 0.1) is 0 Å². The van der Waals surface area contributed by atoms with Crippen LogP contribution < -0.4 is 0 Å². The lowest BCUT2D eigenvalue weighted by molar-refractivity contribution is -0.125. The van der Waals surface area contributed by atoms with Crippen molar-refractivity contribution in [2.24, 2.45) is 0 Å². The molecule has 2 aromatic heterocycles. The summed E-state index contributed by atoms with van der Waals surface area (Å²) in [5.41, 5.74) is 1.15. The molecule has 2 heterocycles. The fourth-order valence-corrected chi connectivity index (χ4v) is 3.27. The molecule has 0 bridgehead atoms. The maximum absolute atomic E-state index is 11.9. The molecule has 2 rings (SSSR count). The third-order valence-corrected chi connectivity index (χ3v) is 4.74. The monoisotopic (exact) mass is 341 g/mol. The summed E-state index contributed by atoms with van der Waals surface area (Å²) in [6.45, 7) is 0.635. The Morgan fingerprint density at radius 1 is 1.50 bits per heavy atom. The van der Waals surface area contributed by atoms with Crippen molar-refractivity contribution in [3.63, 3.8) is 0 Å². The molecule has 2 aromatic rings. The molecule has 94 valence electrons. The molecule has 0 aliphatic rings. The summed E-state index contributed by atoms with van der Waals surface area (Å²) in [5.74, 6) is 0.0192. The molecular weight excluding hydrogens is 330 g/mol. The van der Waals surface area contributed by atoms with Crippen molar-refractivity contribution in [2.75, 3.05) is 7.05 Å². The largest absolute Gasteiger partial charge is 0.338 e. The lowest BCUT2D eigenvalue weighted by Crippen LogP contribution is -2.23. The second-order valence-electron chi connectivity index (χ2n) is 3.80. The Morgan fingerprint density at radius 2 is 2.33 bits per heavy atom. The molecule has 0 atom stereocenters. The predicted octanol–water partition coefficient (Wildman–Crippen LogP) is 4.24. The van der Waals surface area contributed by atoms with Gasteiger partial charge in [0.1, 0.15) is 0 Å². The van der Waals surface area contributed by atoms with Crippen LogP contribution in [0.4, 0.5) is 0 Å². The van der Waals surface area contributed by atoms with Gasteiger partial charge in [-0.15, -0.1) is 22.7 Å². The van der Waals surface area contributed by atoms with E-state index < -0.39 is 0 Å². The van der Waals surface area contributed by atoms with Gasteiger partial charge in [0.05, 0.1) is 3.79 Å². The fourth-order valence-electron chi connectivity index (χ4n) is 1.45. The van der Waals surface area contributed by atoms with Crippen LogP contribution in [0.5, 0.6) is 0 Å². The average molecular weight is 342 g/mol. The first kappa shape index (κ1) is 13.5. The lowest BCUT2D eigenvalue weighted by atomic mass is 10.3. The minimum absolute atomic E-state index is 0.0192. The van der Waals surface area contributed by atoms with Gasteiger partial charge in [0, 0.05) is 24.5 Å². The first-order valence-electron chi connectivity index (χ1n) is 5.35. The number of hydrogen-bond donors (Lipinski definition) is 0. The van der Waals surface area contributed by atoms with Crippen molar-refractivity contribution >= 4 is 50.6 Å². The van der Waals surface area contributed by atoms with Crippen LogP contribution in [0.3, 0.4) is 0 Å². The fraction of sp³-hybridized carbons (Fsp3) is 0.154.